The van der Waals surface area contributed by atoms with Crippen LogP contribution >= 0.6 is 0 Å². The fourth-order valence-electron chi connectivity index (χ4n) is 2.39. The van der Waals surface area contributed by atoms with E-state index in [4.69, 9.17) is 9.47 Å². The molecule has 0 saturated carbocycles. The second-order valence-corrected chi connectivity index (χ2v) is 5.46. The predicted octanol–water partition coefficient (Wildman–Crippen LogP) is 3.23. The minimum Gasteiger partial charge on any atom is -0.454 e. The fourth-order valence-corrected chi connectivity index (χ4v) is 2.39. The van der Waals surface area contributed by atoms with Crippen LogP contribution in [0.5, 0.6) is 11.5 Å². The van der Waals surface area contributed by atoms with Crippen molar-refractivity contribution in [2.75, 3.05) is 17.4 Å². The summed E-state index contributed by atoms with van der Waals surface area (Å²) in [5.41, 5.74) is 1.29. The third-order valence-corrected chi connectivity index (χ3v) is 3.65. The van der Waals surface area contributed by atoms with E-state index in [1.807, 2.05) is 18.2 Å². The number of halogens is 2. The van der Waals surface area contributed by atoms with E-state index in [0.717, 1.165) is 23.4 Å². The first-order valence-electron chi connectivity index (χ1n) is 7.71. The summed E-state index contributed by atoms with van der Waals surface area (Å²) >= 11 is 0. The van der Waals surface area contributed by atoms with Gasteiger partial charge in [0.25, 0.3) is 0 Å². The third-order valence-electron chi connectivity index (χ3n) is 3.65. The van der Waals surface area contributed by atoms with Gasteiger partial charge < -0.3 is 20.1 Å². The summed E-state index contributed by atoms with van der Waals surface area (Å²) in [6.07, 6.45) is 1.46. The van der Waals surface area contributed by atoms with E-state index in [2.05, 4.69) is 25.8 Å². The summed E-state index contributed by atoms with van der Waals surface area (Å²) in [5.74, 6) is 0.171. The minimum absolute atomic E-state index is 0.159. The number of benzene rings is 2. The molecular weight excluding hydrogens is 344 g/mol. The van der Waals surface area contributed by atoms with Crippen LogP contribution in [-0.4, -0.2) is 22.0 Å². The molecule has 0 aliphatic carbocycles. The van der Waals surface area contributed by atoms with Gasteiger partial charge in [-0.2, -0.15) is 10.1 Å². The maximum atomic E-state index is 13.3. The lowest BCUT2D eigenvalue weighted by molar-refractivity contribution is 0.174. The standard InChI is InChI=1S/C17H13F2N5O2/c18-12-3-2-11(6-13(12)19)22-17-23-16(8-21-24-17)20-7-10-1-4-14-15(5-10)26-9-25-14/h1-6,8H,7,9H2,(H2,20,22,23,24). The van der Waals surface area contributed by atoms with Crippen LogP contribution in [0.2, 0.25) is 0 Å². The molecule has 0 amide bonds. The Bertz CT molecular complexity index is 954. The van der Waals surface area contributed by atoms with E-state index in [1.165, 1.54) is 12.3 Å². The molecule has 0 saturated heterocycles. The molecule has 0 unspecified atom stereocenters. The van der Waals surface area contributed by atoms with Crippen LogP contribution in [0, 0.1) is 11.6 Å². The smallest absolute Gasteiger partial charge is 0.249 e. The van der Waals surface area contributed by atoms with E-state index < -0.39 is 11.6 Å². The Kier molecular flexibility index (Phi) is 4.18. The first kappa shape index (κ1) is 16.0. The van der Waals surface area contributed by atoms with Crippen LogP contribution in [-0.2, 0) is 6.54 Å². The monoisotopic (exact) mass is 357 g/mol. The Morgan fingerprint density at radius 1 is 1.00 bits per heavy atom. The van der Waals surface area contributed by atoms with E-state index >= 15 is 0 Å². The van der Waals surface area contributed by atoms with Crippen LogP contribution in [0.4, 0.5) is 26.2 Å². The zero-order valence-electron chi connectivity index (χ0n) is 13.4. The van der Waals surface area contributed by atoms with Crippen molar-refractivity contribution in [2.24, 2.45) is 0 Å². The zero-order valence-corrected chi connectivity index (χ0v) is 13.4. The van der Waals surface area contributed by atoms with Crippen molar-refractivity contribution >= 4 is 17.5 Å². The number of nitrogens with one attached hydrogen (secondary N) is 2. The molecule has 1 aliphatic rings. The Labute approximate surface area is 147 Å². The Balaban J connectivity index is 1.43. The first-order valence-corrected chi connectivity index (χ1v) is 7.71. The van der Waals surface area contributed by atoms with Crippen LogP contribution in [0.3, 0.4) is 0 Å². The molecule has 3 aromatic rings. The van der Waals surface area contributed by atoms with Gasteiger partial charge in [-0.15, -0.1) is 5.10 Å². The number of aromatic nitrogens is 3. The molecule has 9 heteroatoms. The maximum Gasteiger partial charge on any atom is 0.249 e. The second-order valence-electron chi connectivity index (χ2n) is 5.46. The average molecular weight is 357 g/mol. The van der Waals surface area contributed by atoms with Gasteiger partial charge in [0, 0.05) is 18.3 Å². The van der Waals surface area contributed by atoms with E-state index in [1.54, 1.807) is 0 Å². The van der Waals surface area contributed by atoms with Gasteiger partial charge in [0.2, 0.25) is 12.7 Å². The van der Waals surface area contributed by atoms with Gasteiger partial charge in [0.15, 0.2) is 29.0 Å². The van der Waals surface area contributed by atoms with E-state index in [-0.39, 0.29) is 12.7 Å². The molecule has 4 rings (SSSR count). The normalized spacial score (nSPS) is 12.1. The van der Waals surface area contributed by atoms with Crippen molar-refractivity contribution < 1.29 is 18.3 Å². The van der Waals surface area contributed by atoms with E-state index in [9.17, 15) is 8.78 Å². The van der Waals surface area contributed by atoms with Crippen molar-refractivity contribution in [1.29, 1.82) is 0 Å². The van der Waals surface area contributed by atoms with Gasteiger partial charge >= 0.3 is 0 Å². The highest BCUT2D eigenvalue weighted by Gasteiger charge is 2.13. The van der Waals surface area contributed by atoms with Gasteiger partial charge in [0.05, 0.1) is 6.20 Å². The summed E-state index contributed by atoms with van der Waals surface area (Å²) in [4.78, 5) is 4.24. The lowest BCUT2D eigenvalue weighted by atomic mass is 10.2. The molecule has 0 atom stereocenters. The summed E-state index contributed by atoms with van der Waals surface area (Å²) < 4.78 is 36.8. The molecule has 0 bridgehead atoms. The zero-order chi connectivity index (χ0) is 17.9. The predicted molar refractivity (Wildman–Crippen MR) is 89.4 cm³/mol. The average Bonchev–Trinajstić information content (AvgIpc) is 3.11. The van der Waals surface area contributed by atoms with Crippen LogP contribution in [0.1, 0.15) is 5.56 Å². The topological polar surface area (TPSA) is 81.2 Å². The Morgan fingerprint density at radius 3 is 2.77 bits per heavy atom. The number of anilines is 3. The number of ether oxygens (including phenoxy) is 2. The molecule has 1 aliphatic heterocycles. The van der Waals surface area contributed by atoms with Gasteiger partial charge in [-0.25, -0.2) is 8.78 Å². The largest absolute Gasteiger partial charge is 0.454 e. The fraction of sp³-hybridized carbons (Fsp3) is 0.118. The van der Waals surface area contributed by atoms with Crippen molar-refractivity contribution in [2.45, 2.75) is 6.54 Å². The lowest BCUT2D eigenvalue weighted by Crippen LogP contribution is -2.06. The number of nitrogens with zero attached hydrogens (tertiary/aromatic N) is 3. The molecular formula is C17H13F2N5O2. The molecule has 2 N–H and O–H groups in total. The van der Waals surface area contributed by atoms with Crippen LogP contribution in [0.25, 0.3) is 0 Å². The van der Waals surface area contributed by atoms with Gasteiger partial charge in [-0.05, 0) is 29.8 Å². The maximum absolute atomic E-state index is 13.3. The van der Waals surface area contributed by atoms with Gasteiger partial charge in [0.1, 0.15) is 0 Å². The molecule has 26 heavy (non-hydrogen) atoms. The first-order chi connectivity index (χ1) is 12.7. The van der Waals surface area contributed by atoms with Crippen molar-refractivity contribution in [1.82, 2.24) is 15.2 Å². The van der Waals surface area contributed by atoms with Crippen molar-refractivity contribution in [3.8, 4) is 11.5 Å². The highest BCUT2D eigenvalue weighted by Crippen LogP contribution is 2.32. The van der Waals surface area contributed by atoms with Crippen LogP contribution < -0.4 is 20.1 Å². The molecule has 0 radical (unpaired) electrons. The highest BCUT2D eigenvalue weighted by atomic mass is 19.2. The second kappa shape index (κ2) is 6.79. The van der Waals surface area contributed by atoms with Crippen molar-refractivity contribution in [3.63, 3.8) is 0 Å². The van der Waals surface area contributed by atoms with Gasteiger partial charge in [-0.1, -0.05) is 6.07 Å². The number of hydrogen-bond donors (Lipinski definition) is 2. The molecule has 2 heterocycles. The SMILES string of the molecule is Fc1ccc(Nc2nncc(NCc3ccc4c(c3)OCO4)n2)cc1F. The molecule has 0 fully saturated rings. The summed E-state index contributed by atoms with van der Waals surface area (Å²) in [6, 6.07) is 9.06. The molecule has 132 valence electrons. The third kappa shape index (κ3) is 3.46. The Morgan fingerprint density at radius 2 is 1.88 bits per heavy atom. The molecule has 7 nitrogen and oxygen atoms in total. The molecule has 2 aromatic carbocycles. The number of fused-ring (bicyclic) bond motifs is 1. The van der Waals surface area contributed by atoms with E-state index in [0.29, 0.717) is 23.8 Å². The molecule has 0 spiro atoms. The number of rotatable bonds is 5. The Hall–Kier alpha value is -3.49. The summed E-state index contributed by atoms with van der Waals surface area (Å²) in [6.45, 7) is 0.709. The quantitative estimate of drug-likeness (QED) is 0.725. The molecule has 1 aromatic heterocycles. The van der Waals surface area contributed by atoms with Crippen molar-refractivity contribution in [3.05, 3.63) is 59.8 Å². The highest BCUT2D eigenvalue weighted by molar-refractivity contribution is 5.54. The van der Waals surface area contributed by atoms with Gasteiger partial charge in [-0.3, -0.25) is 0 Å². The summed E-state index contributed by atoms with van der Waals surface area (Å²) in [7, 11) is 0. The number of hydrogen-bond acceptors (Lipinski definition) is 7. The summed E-state index contributed by atoms with van der Waals surface area (Å²) in [5, 5.41) is 13.6. The minimum atomic E-state index is -0.958. The lowest BCUT2D eigenvalue weighted by Gasteiger charge is -2.08. The van der Waals surface area contributed by atoms with Crippen LogP contribution in [0.15, 0.2) is 42.6 Å².